The van der Waals surface area contributed by atoms with Crippen molar-refractivity contribution in [3.8, 4) is 5.69 Å². The topological polar surface area (TPSA) is 30.7 Å². The third kappa shape index (κ3) is 2.56. The molecular weight excluding hydrogens is 258 g/mol. The fourth-order valence-corrected chi connectivity index (χ4v) is 2.42. The molecule has 0 aliphatic rings. The van der Waals surface area contributed by atoms with E-state index in [2.05, 4.69) is 75.1 Å². The zero-order chi connectivity index (χ0) is 15.2. The lowest BCUT2D eigenvalue weighted by molar-refractivity contribution is 0.588. The molecule has 21 heavy (non-hydrogen) atoms. The van der Waals surface area contributed by atoms with Crippen molar-refractivity contribution >= 4 is 11.0 Å². The van der Waals surface area contributed by atoms with Gasteiger partial charge in [-0.25, -0.2) is 0 Å². The van der Waals surface area contributed by atoms with E-state index in [0.717, 1.165) is 16.7 Å². The Labute approximate surface area is 125 Å². The van der Waals surface area contributed by atoms with Crippen molar-refractivity contribution in [2.24, 2.45) is 0 Å². The fraction of sp³-hybridized carbons (Fsp3) is 0.333. The van der Waals surface area contributed by atoms with E-state index >= 15 is 0 Å². The van der Waals surface area contributed by atoms with Gasteiger partial charge in [-0.1, -0.05) is 39.0 Å². The Morgan fingerprint density at radius 3 is 2.29 bits per heavy atom. The van der Waals surface area contributed by atoms with E-state index in [9.17, 15) is 0 Å². The standard InChI is InChI=1S/C18H21N3/c1-12-6-9-15-16(10-12)20-21(19-15)17-11-14(18(3,4)5)8-7-13(17)2/h6-11H,1-5H3. The van der Waals surface area contributed by atoms with E-state index in [1.54, 1.807) is 4.80 Å². The predicted octanol–water partition coefficient (Wildman–Crippen LogP) is 4.33. The highest BCUT2D eigenvalue weighted by Crippen LogP contribution is 2.26. The highest BCUT2D eigenvalue weighted by molar-refractivity contribution is 5.74. The minimum Gasteiger partial charge on any atom is -0.150 e. The van der Waals surface area contributed by atoms with Crippen LogP contribution in [-0.4, -0.2) is 15.0 Å². The van der Waals surface area contributed by atoms with Gasteiger partial charge in [0.05, 0.1) is 5.69 Å². The molecule has 0 amide bonds. The zero-order valence-electron chi connectivity index (χ0n) is 13.3. The van der Waals surface area contributed by atoms with Gasteiger partial charge in [0.2, 0.25) is 0 Å². The normalized spacial score (nSPS) is 12.0. The molecular formula is C18H21N3. The third-order valence-corrected chi connectivity index (χ3v) is 3.83. The number of rotatable bonds is 1. The molecule has 0 fully saturated rings. The van der Waals surface area contributed by atoms with Crippen molar-refractivity contribution in [3.05, 3.63) is 53.1 Å². The average Bonchev–Trinajstić information content (AvgIpc) is 2.80. The number of benzene rings is 2. The van der Waals surface area contributed by atoms with E-state index in [1.807, 2.05) is 6.07 Å². The molecule has 3 rings (SSSR count). The molecule has 0 saturated heterocycles. The first-order valence-corrected chi connectivity index (χ1v) is 7.30. The van der Waals surface area contributed by atoms with Crippen molar-refractivity contribution in [1.82, 2.24) is 15.0 Å². The van der Waals surface area contributed by atoms with Gasteiger partial charge >= 0.3 is 0 Å². The summed E-state index contributed by atoms with van der Waals surface area (Å²) in [6.07, 6.45) is 0. The van der Waals surface area contributed by atoms with Crippen LogP contribution in [0, 0.1) is 13.8 Å². The Bertz CT molecular complexity index is 807. The van der Waals surface area contributed by atoms with Crippen molar-refractivity contribution in [2.45, 2.75) is 40.0 Å². The summed E-state index contributed by atoms with van der Waals surface area (Å²) in [4.78, 5) is 1.76. The molecule has 0 atom stereocenters. The summed E-state index contributed by atoms with van der Waals surface area (Å²) >= 11 is 0. The van der Waals surface area contributed by atoms with Gasteiger partial charge in [0.25, 0.3) is 0 Å². The summed E-state index contributed by atoms with van der Waals surface area (Å²) in [6, 6.07) is 12.7. The van der Waals surface area contributed by atoms with Gasteiger partial charge in [-0.3, -0.25) is 0 Å². The zero-order valence-corrected chi connectivity index (χ0v) is 13.3. The monoisotopic (exact) mass is 279 g/mol. The molecule has 3 heteroatoms. The molecule has 3 nitrogen and oxygen atoms in total. The maximum absolute atomic E-state index is 4.63. The molecule has 0 spiro atoms. The molecule has 0 aliphatic carbocycles. The van der Waals surface area contributed by atoms with Crippen molar-refractivity contribution in [2.75, 3.05) is 0 Å². The van der Waals surface area contributed by atoms with Gasteiger partial charge in [-0.2, -0.15) is 4.80 Å². The molecule has 0 N–H and O–H groups in total. The lowest BCUT2D eigenvalue weighted by atomic mass is 9.86. The molecule has 0 radical (unpaired) electrons. The van der Waals surface area contributed by atoms with Gasteiger partial charge in [0.1, 0.15) is 11.0 Å². The fourth-order valence-electron chi connectivity index (χ4n) is 2.42. The van der Waals surface area contributed by atoms with Crippen LogP contribution in [0.1, 0.15) is 37.5 Å². The van der Waals surface area contributed by atoms with Crippen LogP contribution in [0.4, 0.5) is 0 Å². The molecule has 1 heterocycles. The van der Waals surface area contributed by atoms with Crippen LogP contribution >= 0.6 is 0 Å². The number of aryl methyl sites for hydroxylation is 2. The molecule has 108 valence electrons. The maximum atomic E-state index is 4.63. The first kappa shape index (κ1) is 13.8. The summed E-state index contributed by atoms with van der Waals surface area (Å²) in [6.45, 7) is 10.8. The molecule has 3 aromatic rings. The number of fused-ring (bicyclic) bond motifs is 1. The average molecular weight is 279 g/mol. The predicted molar refractivity (Wildman–Crippen MR) is 87.0 cm³/mol. The second kappa shape index (κ2) is 4.69. The largest absolute Gasteiger partial charge is 0.150 e. The van der Waals surface area contributed by atoms with Crippen LogP contribution in [-0.2, 0) is 5.41 Å². The lowest BCUT2D eigenvalue weighted by Gasteiger charge is -2.20. The summed E-state index contributed by atoms with van der Waals surface area (Å²) in [5.41, 5.74) is 6.72. The first-order valence-electron chi connectivity index (χ1n) is 7.30. The minimum absolute atomic E-state index is 0.117. The van der Waals surface area contributed by atoms with Gasteiger partial charge in [0, 0.05) is 0 Å². The Morgan fingerprint density at radius 1 is 0.857 bits per heavy atom. The number of nitrogens with zero attached hydrogens (tertiary/aromatic N) is 3. The van der Waals surface area contributed by atoms with E-state index in [-0.39, 0.29) is 5.41 Å². The number of aromatic nitrogens is 3. The summed E-state index contributed by atoms with van der Waals surface area (Å²) in [7, 11) is 0. The van der Waals surface area contributed by atoms with E-state index in [4.69, 9.17) is 0 Å². The van der Waals surface area contributed by atoms with Crippen molar-refractivity contribution in [1.29, 1.82) is 0 Å². The van der Waals surface area contributed by atoms with Crippen LogP contribution in [0.2, 0.25) is 0 Å². The Morgan fingerprint density at radius 2 is 1.57 bits per heavy atom. The highest BCUT2D eigenvalue weighted by Gasteiger charge is 2.16. The minimum atomic E-state index is 0.117. The van der Waals surface area contributed by atoms with Crippen LogP contribution in [0.25, 0.3) is 16.7 Å². The quantitative estimate of drug-likeness (QED) is 0.663. The molecule has 0 unspecified atom stereocenters. The molecule has 0 aliphatic heterocycles. The highest BCUT2D eigenvalue weighted by atomic mass is 15.5. The Hall–Kier alpha value is -2.16. The third-order valence-electron chi connectivity index (χ3n) is 3.83. The van der Waals surface area contributed by atoms with E-state index < -0.39 is 0 Å². The first-order chi connectivity index (χ1) is 9.84. The van der Waals surface area contributed by atoms with Gasteiger partial charge < -0.3 is 0 Å². The van der Waals surface area contributed by atoms with Gasteiger partial charge in [0.15, 0.2) is 0 Å². The van der Waals surface area contributed by atoms with E-state index in [1.165, 1.54) is 16.7 Å². The van der Waals surface area contributed by atoms with Gasteiger partial charge in [-0.15, -0.1) is 10.2 Å². The Balaban J connectivity index is 2.17. The van der Waals surface area contributed by atoms with Crippen LogP contribution < -0.4 is 0 Å². The summed E-state index contributed by atoms with van der Waals surface area (Å²) in [5.74, 6) is 0. The SMILES string of the molecule is Cc1ccc2nn(-c3cc(C(C)(C)C)ccc3C)nc2c1. The van der Waals surface area contributed by atoms with Crippen molar-refractivity contribution < 1.29 is 0 Å². The van der Waals surface area contributed by atoms with E-state index in [0.29, 0.717) is 0 Å². The van der Waals surface area contributed by atoms with Crippen LogP contribution in [0.3, 0.4) is 0 Å². The van der Waals surface area contributed by atoms with Gasteiger partial charge in [-0.05, 0) is 54.2 Å². The summed E-state index contributed by atoms with van der Waals surface area (Å²) in [5, 5.41) is 9.25. The molecule has 2 aromatic carbocycles. The Kier molecular flexibility index (Phi) is 3.08. The second-order valence-corrected chi connectivity index (χ2v) is 6.73. The number of hydrogen-bond acceptors (Lipinski definition) is 2. The maximum Gasteiger partial charge on any atom is 0.113 e. The number of hydrogen-bond donors (Lipinski definition) is 0. The molecule has 0 saturated carbocycles. The van der Waals surface area contributed by atoms with Crippen LogP contribution in [0.15, 0.2) is 36.4 Å². The summed E-state index contributed by atoms with van der Waals surface area (Å²) < 4.78 is 0. The lowest BCUT2D eigenvalue weighted by Crippen LogP contribution is -2.12. The molecule has 1 aromatic heterocycles. The van der Waals surface area contributed by atoms with Crippen LogP contribution in [0.5, 0.6) is 0 Å². The second-order valence-electron chi connectivity index (χ2n) is 6.73. The molecule has 0 bridgehead atoms. The smallest absolute Gasteiger partial charge is 0.113 e. The van der Waals surface area contributed by atoms with Crippen molar-refractivity contribution in [3.63, 3.8) is 0 Å².